The van der Waals surface area contributed by atoms with E-state index in [1.54, 1.807) is 17.4 Å². The summed E-state index contributed by atoms with van der Waals surface area (Å²) < 4.78 is 0. The number of hydrogen-bond acceptors (Lipinski definition) is 3. The molecule has 1 N–H and O–H groups in total. The first-order chi connectivity index (χ1) is 12.3. The van der Waals surface area contributed by atoms with Gasteiger partial charge in [-0.25, -0.2) is 0 Å². The van der Waals surface area contributed by atoms with E-state index >= 15 is 0 Å². The molecule has 1 aromatic carbocycles. The van der Waals surface area contributed by atoms with Crippen molar-refractivity contribution in [2.45, 2.75) is 37.8 Å². The molecule has 130 valence electrons. The average molecular weight is 353 g/mol. The molecule has 0 radical (unpaired) electrons. The quantitative estimate of drug-likeness (QED) is 0.819. The summed E-state index contributed by atoms with van der Waals surface area (Å²) in [6, 6.07) is 15.7. The Hall–Kier alpha value is -1.91. The molecule has 4 rings (SSSR count). The fourth-order valence-electron chi connectivity index (χ4n) is 3.46. The van der Waals surface area contributed by atoms with Gasteiger partial charge in [0, 0.05) is 41.0 Å². The van der Waals surface area contributed by atoms with Crippen molar-refractivity contribution in [3.8, 4) is 10.4 Å². The van der Waals surface area contributed by atoms with Crippen LogP contribution in [0.25, 0.3) is 16.5 Å². The number of carbonyl (C=O) groups is 1. The second-order valence-electron chi connectivity index (χ2n) is 6.95. The minimum atomic E-state index is 0.0273. The van der Waals surface area contributed by atoms with Crippen molar-refractivity contribution in [1.29, 1.82) is 0 Å². The number of likely N-dealkylation sites (tertiary alicyclic amines) is 1. The summed E-state index contributed by atoms with van der Waals surface area (Å²) in [6.07, 6.45) is 8.48. The summed E-state index contributed by atoms with van der Waals surface area (Å²) in [5, 5.41) is 3.16. The van der Waals surface area contributed by atoms with E-state index in [9.17, 15) is 4.79 Å². The van der Waals surface area contributed by atoms with Crippen LogP contribution in [-0.2, 0) is 4.79 Å². The van der Waals surface area contributed by atoms with E-state index in [1.807, 2.05) is 24.3 Å². The van der Waals surface area contributed by atoms with Gasteiger partial charge in [-0.2, -0.15) is 0 Å². The molecule has 1 saturated heterocycles. The second-order valence-corrected chi connectivity index (χ2v) is 8.07. The van der Waals surface area contributed by atoms with E-state index in [0.29, 0.717) is 6.04 Å². The molecule has 4 heteroatoms. The maximum absolute atomic E-state index is 12.2. The van der Waals surface area contributed by atoms with Gasteiger partial charge in [-0.3, -0.25) is 4.79 Å². The lowest BCUT2D eigenvalue weighted by atomic mass is 10.0. The van der Waals surface area contributed by atoms with E-state index in [4.69, 9.17) is 0 Å². The number of benzene rings is 1. The third kappa shape index (κ3) is 4.39. The number of thiophene rings is 1. The standard InChI is InChI=1S/C21H24N2OS/c24-21(22-17-12-14-23(15-13-17)18-6-7-18)11-9-19-8-10-20(25-19)16-4-2-1-3-5-16/h1-5,8-11,17-18H,6-7,12-15H2,(H,22,24)/b11-9+. The fourth-order valence-corrected chi connectivity index (χ4v) is 4.37. The molecule has 0 unspecified atom stereocenters. The van der Waals surface area contributed by atoms with E-state index in [2.05, 4.69) is 34.5 Å². The van der Waals surface area contributed by atoms with Crippen molar-refractivity contribution in [3.63, 3.8) is 0 Å². The first-order valence-corrected chi connectivity index (χ1v) is 9.97. The van der Waals surface area contributed by atoms with Gasteiger partial charge in [0.1, 0.15) is 0 Å². The van der Waals surface area contributed by atoms with Crippen molar-refractivity contribution in [1.82, 2.24) is 10.2 Å². The number of nitrogens with one attached hydrogen (secondary N) is 1. The van der Waals surface area contributed by atoms with Crippen LogP contribution >= 0.6 is 11.3 Å². The summed E-state index contributed by atoms with van der Waals surface area (Å²) in [5.74, 6) is 0.0273. The molecular formula is C21H24N2OS. The van der Waals surface area contributed by atoms with Crippen molar-refractivity contribution >= 4 is 23.3 Å². The van der Waals surface area contributed by atoms with Crippen LogP contribution in [0.5, 0.6) is 0 Å². The van der Waals surface area contributed by atoms with Crippen molar-refractivity contribution in [2.24, 2.45) is 0 Å². The monoisotopic (exact) mass is 352 g/mol. The number of piperidine rings is 1. The van der Waals surface area contributed by atoms with Gasteiger partial charge in [0.05, 0.1) is 0 Å². The highest BCUT2D eigenvalue weighted by atomic mass is 32.1. The Labute approximate surface area is 153 Å². The number of carbonyl (C=O) groups excluding carboxylic acids is 1. The Morgan fingerprint density at radius 2 is 1.80 bits per heavy atom. The smallest absolute Gasteiger partial charge is 0.244 e. The average Bonchev–Trinajstić information content (AvgIpc) is 3.39. The van der Waals surface area contributed by atoms with Crippen LogP contribution in [0.3, 0.4) is 0 Å². The summed E-state index contributed by atoms with van der Waals surface area (Å²) in [5.41, 5.74) is 1.22. The molecule has 2 aliphatic rings. The summed E-state index contributed by atoms with van der Waals surface area (Å²) in [4.78, 5) is 17.1. The van der Waals surface area contributed by atoms with Crippen LogP contribution in [0, 0.1) is 0 Å². The third-order valence-electron chi connectivity index (χ3n) is 5.02. The summed E-state index contributed by atoms with van der Waals surface area (Å²) >= 11 is 1.71. The van der Waals surface area contributed by atoms with Crippen molar-refractivity contribution in [2.75, 3.05) is 13.1 Å². The molecule has 1 amide bonds. The molecule has 1 aromatic heterocycles. The molecule has 25 heavy (non-hydrogen) atoms. The molecule has 1 saturated carbocycles. The van der Waals surface area contributed by atoms with Gasteiger partial charge in [-0.05, 0) is 49.5 Å². The highest BCUT2D eigenvalue weighted by Gasteiger charge is 2.31. The number of nitrogens with zero attached hydrogens (tertiary/aromatic N) is 1. The van der Waals surface area contributed by atoms with E-state index < -0.39 is 0 Å². The lowest BCUT2D eigenvalue weighted by molar-refractivity contribution is -0.117. The fraction of sp³-hybridized carbons (Fsp3) is 0.381. The van der Waals surface area contributed by atoms with E-state index in [-0.39, 0.29) is 5.91 Å². The lowest BCUT2D eigenvalue weighted by Gasteiger charge is -2.32. The van der Waals surface area contributed by atoms with Gasteiger partial charge in [0.2, 0.25) is 5.91 Å². The molecule has 3 nitrogen and oxygen atoms in total. The van der Waals surface area contributed by atoms with Gasteiger partial charge >= 0.3 is 0 Å². The lowest BCUT2D eigenvalue weighted by Crippen LogP contribution is -2.44. The highest BCUT2D eigenvalue weighted by molar-refractivity contribution is 7.16. The first kappa shape index (κ1) is 16.6. The highest BCUT2D eigenvalue weighted by Crippen LogP contribution is 2.30. The predicted molar refractivity (Wildman–Crippen MR) is 105 cm³/mol. The zero-order valence-corrected chi connectivity index (χ0v) is 15.2. The Morgan fingerprint density at radius 1 is 1.04 bits per heavy atom. The minimum Gasteiger partial charge on any atom is -0.350 e. The van der Waals surface area contributed by atoms with Crippen LogP contribution in [0.4, 0.5) is 0 Å². The molecule has 0 spiro atoms. The first-order valence-electron chi connectivity index (χ1n) is 9.16. The van der Waals surface area contributed by atoms with E-state index in [1.165, 1.54) is 23.3 Å². The van der Waals surface area contributed by atoms with Crippen LogP contribution in [-0.4, -0.2) is 36.0 Å². The number of amides is 1. The second kappa shape index (κ2) is 7.54. The maximum atomic E-state index is 12.2. The molecule has 1 aliphatic heterocycles. The van der Waals surface area contributed by atoms with Crippen LogP contribution in [0.1, 0.15) is 30.6 Å². The zero-order valence-electron chi connectivity index (χ0n) is 14.4. The summed E-state index contributed by atoms with van der Waals surface area (Å²) in [7, 11) is 0. The zero-order chi connectivity index (χ0) is 17.1. The van der Waals surface area contributed by atoms with Crippen LogP contribution in [0.2, 0.25) is 0 Å². The molecule has 1 aliphatic carbocycles. The number of hydrogen-bond donors (Lipinski definition) is 1. The predicted octanol–water partition coefficient (Wildman–Crippen LogP) is 4.17. The maximum Gasteiger partial charge on any atom is 0.244 e. The van der Waals surface area contributed by atoms with Crippen molar-refractivity contribution < 1.29 is 4.79 Å². The molecule has 0 atom stereocenters. The molecular weight excluding hydrogens is 328 g/mol. The third-order valence-corrected chi connectivity index (χ3v) is 6.12. The van der Waals surface area contributed by atoms with Gasteiger partial charge in [0.15, 0.2) is 0 Å². The molecule has 2 aromatic rings. The molecule has 2 heterocycles. The Balaban J connectivity index is 1.28. The van der Waals surface area contributed by atoms with Gasteiger partial charge in [-0.15, -0.1) is 11.3 Å². The SMILES string of the molecule is O=C(/C=C/c1ccc(-c2ccccc2)s1)NC1CCN(C2CC2)CC1. The molecule has 0 bridgehead atoms. The van der Waals surface area contributed by atoms with E-state index in [0.717, 1.165) is 36.9 Å². The van der Waals surface area contributed by atoms with Crippen LogP contribution < -0.4 is 5.32 Å². The Morgan fingerprint density at radius 3 is 2.52 bits per heavy atom. The Bertz CT molecular complexity index is 740. The number of rotatable bonds is 5. The van der Waals surface area contributed by atoms with Gasteiger partial charge in [-0.1, -0.05) is 30.3 Å². The largest absolute Gasteiger partial charge is 0.350 e. The van der Waals surface area contributed by atoms with Crippen molar-refractivity contribution in [3.05, 3.63) is 53.4 Å². The minimum absolute atomic E-state index is 0.0273. The normalized spacial score (nSPS) is 19.4. The summed E-state index contributed by atoms with van der Waals surface area (Å²) in [6.45, 7) is 2.26. The van der Waals surface area contributed by atoms with Gasteiger partial charge in [0.25, 0.3) is 0 Å². The van der Waals surface area contributed by atoms with Crippen LogP contribution in [0.15, 0.2) is 48.5 Å². The van der Waals surface area contributed by atoms with Gasteiger partial charge < -0.3 is 10.2 Å². The Kier molecular flexibility index (Phi) is 4.99. The topological polar surface area (TPSA) is 32.3 Å². The molecule has 2 fully saturated rings.